The highest BCUT2D eigenvalue weighted by molar-refractivity contribution is 7.79. The Kier molecular flexibility index (Phi) is 6.14. The van der Waals surface area contributed by atoms with Gasteiger partial charge in [-0.1, -0.05) is 30.3 Å². The Morgan fingerprint density at radius 1 is 1.16 bits per heavy atom. The zero-order chi connectivity index (χ0) is 22.1. The van der Waals surface area contributed by atoms with Crippen molar-refractivity contribution < 1.29 is 13.6 Å². The number of pyridine rings is 1. The molecule has 4 rings (SSSR count). The second kappa shape index (κ2) is 8.68. The molecule has 1 spiro atoms. The van der Waals surface area contributed by atoms with Crippen LogP contribution in [0.15, 0.2) is 48.8 Å². The van der Waals surface area contributed by atoms with Gasteiger partial charge >= 0.3 is 6.03 Å². The molecule has 0 bridgehead atoms. The van der Waals surface area contributed by atoms with Crippen molar-refractivity contribution in [3.63, 3.8) is 0 Å². The first-order valence-corrected chi connectivity index (χ1v) is 12.0. The zero-order valence-corrected chi connectivity index (χ0v) is 18.9. The summed E-state index contributed by atoms with van der Waals surface area (Å²) >= 11 is -1.87. The smallest absolute Gasteiger partial charge is 0.322 e. The number of rotatable bonds is 6. The Balaban J connectivity index is 1.54. The zero-order valence-electron chi connectivity index (χ0n) is 18.1. The average Bonchev–Trinajstić information content (AvgIpc) is 3.09. The molecule has 2 N–H and O–H groups in total. The number of carbonyl (C=O) groups is 1. The first-order chi connectivity index (χ1) is 14.9. The minimum atomic E-state index is -1.87. The van der Waals surface area contributed by atoms with Crippen molar-refractivity contribution in [1.29, 1.82) is 0 Å². The molecular weight excluding hydrogens is 412 g/mol. The molecule has 1 aromatic carbocycles. The van der Waals surface area contributed by atoms with E-state index >= 15 is 0 Å². The summed E-state index contributed by atoms with van der Waals surface area (Å²) in [5.74, 6) is 0.139. The standard InChI is InChI=1S/C23H30N4O3S/c1-26(2)23(19-6-4-3-5-7-19)12-10-22(11-13-23)17-27(21(28)25-22)20-16-24-14-8-18(20)9-15-31(29)30/h3-8,14,16H,9-13,15,17H2,1-2H3,(H,25,28)(H,29,30). The number of nitrogens with zero attached hydrogens (tertiary/aromatic N) is 3. The van der Waals surface area contributed by atoms with Gasteiger partial charge in [0.2, 0.25) is 0 Å². The van der Waals surface area contributed by atoms with Crippen molar-refractivity contribution >= 4 is 22.8 Å². The summed E-state index contributed by atoms with van der Waals surface area (Å²) in [5, 5.41) is 3.27. The van der Waals surface area contributed by atoms with E-state index in [1.54, 1.807) is 17.3 Å². The first-order valence-electron chi connectivity index (χ1n) is 10.7. The topological polar surface area (TPSA) is 85.8 Å². The second-order valence-corrected chi connectivity index (χ2v) is 9.92. The van der Waals surface area contributed by atoms with Crippen LogP contribution in [0.4, 0.5) is 10.5 Å². The van der Waals surface area contributed by atoms with Crippen LogP contribution in [0.5, 0.6) is 0 Å². The lowest BCUT2D eigenvalue weighted by molar-refractivity contribution is 0.0658. The highest BCUT2D eigenvalue weighted by Gasteiger charge is 2.50. The molecule has 2 fully saturated rings. The molecule has 1 unspecified atom stereocenters. The van der Waals surface area contributed by atoms with Crippen molar-refractivity contribution in [2.45, 2.75) is 43.2 Å². The SMILES string of the molecule is CN(C)C1(c2ccccc2)CCC2(CC1)CN(c1cnccc1CCS(=O)O)C(=O)N2. The van der Waals surface area contributed by atoms with E-state index in [1.165, 1.54) is 5.56 Å². The number of benzene rings is 1. The fourth-order valence-electron chi connectivity index (χ4n) is 5.14. The van der Waals surface area contributed by atoms with Gasteiger partial charge in [-0.25, -0.2) is 9.00 Å². The Morgan fingerprint density at radius 3 is 2.52 bits per heavy atom. The van der Waals surface area contributed by atoms with E-state index in [9.17, 15) is 9.00 Å². The normalized spacial score (nSPS) is 27.0. The summed E-state index contributed by atoms with van der Waals surface area (Å²) < 4.78 is 20.3. The molecule has 1 aliphatic carbocycles. The summed E-state index contributed by atoms with van der Waals surface area (Å²) in [6.45, 7) is 0.588. The van der Waals surface area contributed by atoms with E-state index < -0.39 is 11.1 Å². The van der Waals surface area contributed by atoms with Gasteiger partial charge in [0, 0.05) is 11.7 Å². The van der Waals surface area contributed by atoms with Crippen LogP contribution in [0.1, 0.15) is 36.8 Å². The highest BCUT2D eigenvalue weighted by atomic mass is 32.2. The molecule has 2 aromatic rings. The number of anilines is 1. The lowest BCUT2D eigenvalue weighted by Gasteiger charge is -2.48. The predicted molar refractivity (Wildman–Crippen MR) is 122 cm³/mol. The molecule has 7 nitrogen and oxygen atoms in total. The van der Waals surface area contributed by atoms with E-state index in [2.05, 4.69) is 53.6 Å². The predicted octanol–water partition coefficient (Wildman–Crippen LogP) is 3.15. The quantitative estimate of drug-likeness (QED) is 0.672. The van der Waals surface area contributed by atoms with Gasteiger partial charge in [0.1, 0.15) is 0 Å². The minimum Gasteiger partial charge on any atom is -0.330 e. The van der Waals surface area contributed by atoms with Crippen LogP contribution in [0.3, 0.4) is 0 Å². The fraction of sp³-hybridized carbons (Fsp3) is 0.478. The number of carbonyl (C=O) groups excluding carboxylic acids is 1. The van der Waals surface area contributed by atoms with Gasteiger partial charge in [0.15, 0.2) is 11.1 Å². The number of aryl methyl sites for hydroxylation is 1. The van der Waals surface area contributed by atoms with Crippen LogP contribution >= 0.6 is 0 Å². The molecular formula is C23H30N4O3S. The monoisotopic (exact) mass is 442 g/mol. The maximum absolute atomic E-state index is 13.0. The lowest BCUT2D eigenvalue weighted by Crippen LogP contribution is -2.54. The average molecular weight is 443 g/mol. The van der Waals surface area contributed by atoms with Gasteiger partial charge in [-0.15, -0.1) is 0 Å². The molecule has 1 aliphatic heterocycles. The second-order valence-electron chi connectivity index (χ2n) is 8.87. The molecule has 0 radical (unpaired) electrons. The maximum atomic E-state index is 13.0. The summed E-state index contributed by atoms with van der Waals surface area (Å²) in [7, 11) is 4.27. The van der Waals surface area contributed by atoms with E-state index in [4.69, 9.17) is 4.55 Å². The Labute approximate surface area is 186 Å². The van der Waals surface area contributed by atoms with Gasteiger partial charge in [-0.2, -0.15) is 0 Å². The Bertz CT molecular complexity index is 958. The van der Waals surface area contributed by atoms with Crippen molar-refractivity contribution in [3.8, 4) is 0 Å². The van der Waals surface area contributed by atoms with Crippen LogP contribution in [-0.2, 0) is 23.0 Å². The van der Waals surface area contributed by atoms with Crippen LogP contribution in [-0.4, -0.2) is 56.6 Å². The number of aromatic nitrogens is 1. The van der Waals surface area contributed by atoms with Gasteiger partial charge in [-0.3, -0.25) is 14.8 Å². The van der Waals surface area contributed by atoms with Gasteiger partial charge < -0.3 is 9.87 Å². The maximum Gasteiger partial charge on any atom is 0.322 e. The summed E-state index contributed by atoms with van der Waals surface area (Å²) in [6, 6.07) is 12.3. The molecule has 1 atom stereocenters. The van der Waals surface area contributed by atoms with Crippen molar-refractivity contribution in [1.82, 2.24) is 15.2 Å². The van der Waals surface area contributed by atoms with E-state index in [0.29, 0.717) is 13.0 Å². The summed E-state index contributed by atoms with van der Waals surface area (Å²) in [5.41, 5.74) is 2.62. The third-order valence-corrected chi connectivity index (χ3v) is 7.56. The molecule has 2 heterocycles. The molecule has 2 amide bonds. The number of urea groups is 1. The Morgan fingerprint density at radius 2 is 1.87 bits per heavy atom. The third kappa shape index (κ3) is 4.24. The third-order valence-electron chi connectivity index (χ3n) is 7.00. The highest BCUT2D eigenvalue weighted by Crippen LogP contribution is 2.46. The largest absolute Gasteiger partial charge is 0.330 e. The summed E-state index contributed by atoms with van der Waals surface area (Å²) in [6.07, 6.45) is 7.47. The van der Waals surface area contributed by atoms with Gasteiger partial charge in [0.05, 0.1) is 29.7 Å². The van der Waals surface area contributed by atoms with Gasteiger partial charge in [0.25, 0.3) is 0 Å². The van der Waals surface area contributed by atoms with Crippen molar-refractivity contribution in [2.24, 2.45) is 0 Å². The van der Waals surface area contributed by atoms with Crippen LogP contribution in [0, 0.1) is 0 Å². The number of hydrogen-bond acceptors (Lipinski definition) is 4. The van der Waals surface area contributed by atoms with Crippen molar-refractivity contribution in [2.75, 3.05) is 31.3 Å². The molecule has 166 valence electrons. The molecule has 1 aromatic heterocycles. The van der Waals surface area contributed by atoms with E-state index in [0.717, 1.165) is 36.9 Å². The van der Waals surface area contributed by atoms with E-state index in [-0.39, 0.29) is 22.9 Å². The number of nitrogens with one attached hydrogen (secondary N) is 1. The van der Waals surface area contributed by atoms with Crippen molar-refractivity contribution in [3.05, 3.63) is 59.9 Å². The van der Waals surface area contributed by atoms with Gasteiger partial charge in [-0.05, 0) is 63.4 Å². The summed E-state index contributed by atoms with van der Waals surface area (Å²) in [4.78, 5) is 21.3. The molecule has 1 saturated heterocycles. The van der Waals surface area contributed by atoms with Crippen LogP contribution in [0.25, 0.3) is 0 Å². The van der Waals surface area contributed by atoms with E-state index in [1.807, 2.05) is 12.1 Å². The minimum absolute atomic E-state index is 0.0324. The lowest BCUT2D eigenvalue weighted by atomic mass is 9.69. The molecule has 31 heavy (non-hydrogen) atoms. The molecule has 1 saturated carbocycles. The van der Waals surface area contributed by atoms with Crippen LogP contribution in [0.2, 0.25) is 0 Å². The Hall–Kier alpha value is -2.29. The molecule has 8 heteroatoms. The number of hydrogen-bond donors (Lipinski definition) is 2. The first kappa shape index (κ1) is 21.9. The number of amides is 2. The molecule has 2 aliphatic rings. The fourth-order valence-corrected chi connectivity index (χ4v) is 5.53. The van der Waals surface area contributed by atoms with Crippen LogP contribution < -0.4 is 10.2 Å².